The fourth-order valence-electron chi connectivity index (χ4n) is 2.19. The highest BCUT2D eigenvalue weighted by Gasteiger charge is 2.13. The Hall–Kier alpha value is -1.65. The van der Waals surface area contributed by atoms with Gasteiger partial charge < -0.3 is 10.4 Å². The molecule has 0 bridgehead atoms. The van der Waals surface area contributed by atoms with Gasteiger partial charge in [0.05, 0.1) is 0 Å². The van der Waals surface area contributed by atoms with Crippen LogP contribution < -0.4 is 5.32 Å². The molecule has 0 spiro atoms. The van der Waals surface area contributed by atoms with Gasteiger partial charge in [0.15, 0.2) is 5.69 Å². The van der Waals surface area contributed by atoms with Crippen LogP contribution in [0.2, 0.25) is 0 Å². The number of carbonyl (C=O) groups is 1. The first-order valence-electron chi connectivity index (χ1n) is 6.06. The minimum Gasteiger partial charge on any atom is -0.477 e. The van der Waals surface area contributed by atoms with E-state index in [1.165, 1.54) is 44.4 Å². The van der Waals surface area contributed by atoms with Gasteiger partial charge in [-0.15, -0.1) is 0 Å². The second kappa shape index (κ2) is 5.61. The zero-order valence-electron chi connectivity index (χ0n) is 9.72. The van der Waals surface area contributed by atoms with E-state index in [2.05, 4.69) is 15.3 Å². The number of carboxylic acids is 1. The summed E-state index contributed by atoms with van der Waals surface area (Å²) < 4.78 is 0. The minimum atomic E-state index is -1.02. The molecule has 0 aliphatic heterocycles. The zero-order chi connectivity index (χ0) is 12.1. The number of hydrogen-bond acceptors (Lipinski definition) is 4. The van der Waals surface area contributed by atoms with Crippen LogP contribution in [-0.4, -0.2) is 27.6 Å². The highest BCUT2D eigenvalue weighted by Crippen LogP contribution is 2.23. The molecule has 2 N–H and O–H groups in total. The Kier molecular flexibility index (Phi) is 3.90. The van der Waals surface area contributed by atoms with E-state index in [1.54, 1.807) is 0 Å². The maximum Gasteiger partial charge on any atom is 0.354 e. The molecule has 0 atom stereocenters. The van der Waals surface area contributed by atoms with E-state index in [-0.39, 0.29) is 5.69 Å². The molecular weight excluding hydrogens is 218 g/mol. The molecule has 0 amide bonds. The van der Waals surface area contributed by atoms with Crippen molar-refractivity contribution in [1.82, 2.24) is 9.97 Å². The van der Waals surface area contributed by atoms with Crippen molar-refractivity contribution in [2.24, 2.45) is 5.92 Å². The molecule has 1 aromatic heterocycles. The largest absolute Gasteiger partial charge is 0.477 e. The van der Waals surface area contributed by atoms with Crippen LogP contribution in [0.1, 0.15) is 42.6 Å². The molecular formula is C12H17N3O2. The molecule has 1 fully saturated rings. The molecule has 0 radical (unpaired) electrons. The Balaban J connectivity index is 1.89. The van der Waals surface area contributed by atoms with E-state index in [0.717, 1.165) is 6.54 Å². The van der Waals surface area contributed by atoms with Gasteiger partial charge in [0.1, 0.15) is 0 Å². The molecule has 1 aliphatic carbocycles. The first kappa shape index (κ1) is 11.8. The topological polar surface area (TPSA) is 75.1 Å². The van der Waals surface area contributed by atoms with Gasteiger partial charge in [0, 0.05) is 12.7 Å². The predicted octanol–water partition coefficient (Wildman–Crippen LogP) is 2.17. The van der Waals surface area contributed by atoms with E-state index in [1.807, 2.05) is 0 Å². The van der Waals surface area contributed by atoms with Gasteiger partial charge in [-0.05, 0) is 24.8 Å². The van der Waals surface area contributed by atoms with Gasteiger partial charge in [-0.2, -0.15) is 0 Å². The van der Waals surface area contributed by atoms with Crippen molar-refractivity contribution < 1.29 is 9.90 Å². The van der Waals surface area contributed by atoms with Crippen LogP contribution in [0.25, 0.3) is 0 Å². The van der Waals surface area contributed by atoms with Gasteiger partial charge in [-0.25, -0.2) is 14.8 Å². The van der Waals surface area contributed by atoms with E-state index in [9.17, 15) is 4.79 Å². The number of nitrogens with zero attached hydrogens (tertiary/aromatic N) is 2. The zero-order valence-corrected chi connectivity index (χ0v) is 9.72. The molecule has 0 saturated heterocycles. The molecule has 92 valence electrons. The Morgan fingerprint density at radius 3 is 2.88 bits per heavy atom. The fraction of sp³-hybridized carbons (Fsp3) is 0.583. The molecule has 1 aromatic rings. The van der Waals surface area contributed by atoms with E-state index < -0.39 is 5.97 Å². The van der Waals surface area contributed by atoms with Crippen molar-refractivity contribution in [3.8, 4) is 0 Å². The quantitative estimate of drug-likeness (QED) is 0.836. The second-order valence-corrected chi connectivity index (χ2v) is 4.46. The van der Waals surface area contributed by atoms with Crippen molar-refractivity contribution in [3.05, 3.63) is 18.0 Å². The van der Waals surface area contributed by atoms with Crippen LogP contribution in [0, 0.1) is 5.92 Å². The van der Waals surface area contributed by atoms with Crippen molar-refractivity contribution in [2.45, 2.75) is 32.1 Å². The lowest BCUT2D eigenvalue weighted by molar-refractivity contribution is 0.0690. The number of aromatic carboxylic acids is 1. The summed E-state index contributed by atoms with van der Waals surface area (Å²) in [7, 11) is 0. The molecule has 0 aromatic carbocycles. The molecule has 2 rings (SSSR count). The third-order valence-corrected chi connectivity index (χ3v) is 3.15. The monoisotopic (exact) mass is 235 g/mol. The molecule has 1 aliphatic rings. The predicted molar refractivity (Wildman–Crippen MR) is 64.1 cm³/mol. The van der Waals surface area contributed by atoms with Crippen molar-refractivity contribution >= 4 is 11.9 Å². The van der Waals surface area contributed by atoms with Crippen LogP contribution in [0.4, 0.5) is 5.95 Å². The summed E-state index contributed by atoms with van der Waals surface area (Å²) >= 11 is 0. The van der Waals surface area contributed by atoms with Crippen LogP contribution in [0.5, 0.6) is 0 Å². The number of rotatable bonds is 4. The Morgan fingerprint density at radius 2 is 2.18 bits per heavy atom. The van der Waals surface area contributed by atoms with Gasteiger partial charge in [0.25, 0.3) is 0 Å². The number of nitrogens with one attached hydrogen (secondary N) is 1. The summed E-state index contributed by atoms with van der Waals surface area (Å²) in [5.41, 5.74) is 0.0335. The molecule has 0 unspecified atom stereocenters. The third kappa shape index (κ3) is 3.41. The first-order chi connectivity index (χ1) is 8.25. The average molecular weight is 235 g/mol. The Morgan fingerprint density at radius 1 is 1.41 bits per heavy atom. The van der Waals surface area contributed by atoms with Gasteiger partial charge in [-0.3, -0.25) is 0 Å². The maximum absolute atomic E-state index is 10.7. The minimum absolute atomic E-state index is 0.0335. The number of aromatic nitrogens is 2. The highest BCUT2D eigenvalue weighted by atomic mass is 16.4. The SMILES string of the molecule is O=C(O)c1ccnc(NCC2CCCCC2)n1. The Bertz CT molecular complexity index is 389. The smallest absolute Gasteiger partial charge is 0.354 e. The standard InChI is InChI=1S/C12H17N3O2/c16-11(17)10-6-7-13-12(15-10)14-8-9-4-2-1-3-5-9/h6-7,9H,1-5,8H2,(H,16,17)(H,13,14,15). The number of carboxylic acid groups (broad SMARTS) is 1. The van der Waals surface area contributed by atoms with Gasteiger partial charge in [-0.1, -0.05) is 19.3 Å². The highest BCUT2D eigenvalue weighted by molar-refractivity contribution is 5.85. The molecule has 1 heterocycles. The van der Waals surface area contributed by atoms with Crippen LogP contribution in [-0.2, 0) is 0 Å². The second-order valence-electron chi connectivity index (χ2n) is 4.46. The van der Waals surface area contributed by atoms with Gasteiger partial charge in [0.2, 0.25) is 5.95 Å². The van der Waals surface area contributed by atoms with Crippen molar-refractivity contribution in [1.29, 1.82) is 0 Å². The number of anilines is 1. The first-order valence-corrected chi connectivity index (χ1v) is 6.06. The molecule has 5 nitrogen and oxygen atoms in total. The third-order valence-electron chi connectivity index (χ3n) is 3.15. The molecule has 1 saturated carbocycles. The van der Waals surface area contributed by atoms with E-state index in [4.69, 9.17) is 5.11 Å². The maximum atomic E-state index is 10.7. The normalized spacial score (nSPS) is 16.7. The van der Waals surface area contributed by atoms with E-state index >= 15 is 0 Å². The van der Waals surface area contributed by atoms with Gasteiger partial charge >= 0.3 is 5.97 Å². The van der Waals surface area contributed by atoms with E-state index in [0.29, 0.717) is 11.9 Å². The Labute approximate surface area is 100 Å². The molecule has 17 heavy (non-hydrogen) atoms. The van der Waals surface area contributed by atoms with Crippen molar-refractivity contribution in [3.63, 3.8) is 0 Å². The lowest BCUT2D eigenvalue weighted by Gasteiger charge is -2.21. The lowest BCUT2D eigenvalue weighted by Crippen LogP contribution is -2.18. The average Bonchev–Trinajstić information content (AvgIpc) is 2.38. The summed E-state index contributed by atoms with van der Waals surface area (Å²) in [6.45, 7) is 0.836. The lowest BCUT2D eigenvalue weighted by atomic mass is 9.89. The van der Waals surface area contributed by atoms with Crippen LogP contribution in [0.3, 0.4) is 0 Å². The van der Waals surface area contributed by atoms with Crippen LogP contribution >= 0.6 is 0 Å². The summed E-state index contributed by atoms with van der Waals surface area (Å²) in [4.78, 5) is 18.7. The van der Waals surface area contributed by atoms with Crippen molar-refractivity contribution in [2.75, 3.05) is 11.9 Å². The summed E-state index contributed by atoms with van der Waals surface area (Å²) in [5, 5.41) is 11.9. The summed E-state index contributed by atoms with van der Waals surface area (Å²) in [6.07, 6.45) is 7.88. The molecule has 5 heteroatoms. The fourth-order valence-corrected chi connectivity index (χ4v) is 2.19. The summed E-state index contributed by atoms with van der Waals surface area (Å²) in [5.74, 6) is 0.0597. The van der Waals surface area contributed by atoms with Crippen LogP contribution in [0.15, 0.2) is 12.3 Å². The summed E-state index contributed by atoms with van der Waals surface area (Å²) in [6, 6.07) is 1.40. The number of hydrogen-bond donors (Lipinski definition) is 2.